The van der Waals surface area contributed by atoms with Gasteiger partial charge in [-0.25, -0.2) is 4.68 Å². The van der Waals surface area contributed by atoms with Crippen LogP contribution in [0.25, 0.3) is 5.69 Å². The quantitative estimate of drug-likeness (QED) is 0.445. The lowest BCUT2D eigenvalue weighted by atomic mass is 9.96. The molecule has 0 spiro atoms. The van der Waals surface area contributed by atoms with Crippen molar-refractivity contribution in [3.8, 4) is 5.69 Å². The van der Waals surface area contributed by atoms with Crippen LogP contribution in [0.3, 0.4) is 0 Å². The van der Waals surface area contributed by atoms with Crippen molar-refractivity contribution in [2.24, 2.45) is 5.10 Å². The second-order valence-corrected chi connectivity index (χ2v) is 8.35. The molecule has 1 aromatic heterocycles. The van der Waals surface area contributed by atoms with E-state index in [0.29, 0.717) is 11.2 Å². The van der Waals surface area contributed by atoms with Gasteiger partial charge in [0.15, 0.2) is 5.11 Å². The molecule has 0 atom stereocenters. The molecule has 2 aromatic rings. The topological polar surface area (TPSA) is 57.5 Å². The van der Waals surface area contributed by atoms with E-state index in [0.717, 1.165) is 35.9 Å². The number of rotatable bonds is 5. The molecule has 2 aliphatic rings. The minimum atomic E-state index is 0.474. The van der Waals surface area contributed by atoms with Crippen molar-refractivity contribution in [3.63, 3.8) is 0 Å². The first kappa shape index (κ1) is 19.9. The Kier molecular flexibility index (Phi) is 6.44. The van der Waals surface area contributed by atoms with Gasteiger partial charge in [-0.15, -0.1) is 0 Å². The molecule has 2 N–H and O–H groups in total. The highest BCUT2D eigenvalue weighted by Gasteiger charge is 2.23. The largest absolute Gasteiger partial charge is 0.359 e. The first-order valence-electron chi connectivity index (χ1n) is 10.7. The third-order valence-corrected chi connectivity index (χ3v) is 6.00. The van der Waals surface area contributed by atoms with E-state index in [-0.39, 0.29) is 0 Å². The number of anilines is 1. The number of nitrogens with one attached hydrogen (secondary N) is 2. The number of aryl methyl sites for hydroxylation is 1. The number of thiocarbonyl (C=S) groups is 1. The van der Waals surface area contributed by atoms with Crippen LogP contribution in [0, 0.1) is 6.92 Å². The molecule has 154 valence electrons. The zero-order valence-electron chi connectivity index (χ0n) is 17.1. The van der Waals surface area contributed by atoms with Crippen molar-refractivity contribution in [2.45, 2.75) is 57.9 Å². The van der Waals surface area contributed by atoms with Crippen LogP contribution in [-0.2, 0) is 0 Å². The summed E-state index contributed by atoms with van der Waals surface area (Å²) in [7, 11) is 0. The number of hydrogen-bond donors (Lipinski definition) is 2. The highest BCUT2D eigenvalue weighted by atomic mass is 32.1. The van der Waals surface area contributed by atoms with Crippen LogP contribution in [0.4, 0.5) is 5.82 Å². The van der Waals surface area contributed by atoms with Gasteiger partial charge >= 0.3 is 0 Å². The number of aromatic nitrogens is 2. The van der Waals surface area contributed by atoms with Gasteiger partial charge in [-0.05, 0) is 57.0 Å². The van der Waals surface area contributed by atoms with Gasteiger partial charge in [0.25, 0.3) is 0 Å². The van der Waals surface area contributed by atoms with Gasteiger partial charge in [0, 0.05) is 19.1 Å². The molecule has 0 unspecified atom stereocenters. The number of hydrazone groups is 1. The van der Waals surface area contributed by atoms with E-state index < -0.39 is 0 Å². The minimum absolute atomic E-state index is 0.474. The van der Waals surface area contributed by atoms with Gasteiger partial charge in [0.2, 0.25) is 0 Å². The Morgan fingerprint density at radius 2 is 1.83 bits per heavy atom. The molecule has 6 nitrogen and oxygen atoms in total. The fourth-order valence-corrected chi connectivity index (χ4v) is 4.50. The Bertz CT molecular complexity index is 848. The fraction of sp³-hybridized carbons (Fsp3) is 0.500. The maximum absolute atomic E-state index is 5.44. The lowest BCUT2D eigenvalue weighted by molar-refractivity contribution is 0.412. The van der Waals surface area contributed by atoms with E-state index in [2.05, 4.69) is 32.9 Å². The Hall–Kier alpha value is -2.41. The summed E-state index contributed by atoms with van der Waals surface area (Å²) in [5.41, 5.74) is 6.09. The van der Waals surface area contributed by atoms with Crippen molar-refractivity contribution in [3.05, 3.63) is 41.6 Å². The lowest BCUT2D eigenvalue weighted by Gasteiger charge is -2.23. The Morgan fingerprint density at radius 3 is 2.55 bits per heavy atom. The third-order valence-electron chi connectivity index (χ3n) is 5.79. The molecule has 29 heavy (non-hydrogen) atoms. The normalized spacial score (nSPS) is 17.8. The molecule has 0 bridgehead atoms. The van der Waals surface area contributed by atoms with Crippen molar-refractivity contribution >= 4 is 29.4 Å². The number of nitrogens with zero attached hydrogens (tertiary/aromatic N) is 4. The molecule has 1 saturated heterocycles. The molecule has 2 heterocycles. The van der Waals surface area contributed by atoms with E-state index in [1.165, 1.54) is 44.9 Å². The smallest absolute Gasteiger partial charge is 0.187 e. The predicted octanol–water partition coefficient (Wildman–Crippen LogP) is 3.91. The molecule has 1 saturated carbocycles. The fourth-order valence-electron chi connectivity index (χ4n) is 4.28. The number of hydrogen-bond acceptors (Lipinski definition) is 4. The molecule has 0 amide bonds. The zero-order valence-corrected chi connectivity index (χ0v) is 17.9. The molecule has 1 aromatic carbocycles. The van der Waals surface area contributed by atoms with Crippen LogP contribution in [0.5, 0.6) is 0 Å². The summed E-state index contributed by atoms with van der Waals surface area (Å²) in [5.74, 6) is 1.11. The van der Waals surface area contributed by atoms with Gasteiger partial charge in [0.1, 0.15) is 5.82 Å². The SMILES string of the molecule is Cc1nn(-c2ccccc2)c(N2CCCC2)c1/C=N\NC(=S)NC1CCCCC1. The van der Waals surface area contributed by atoms with E-state index in [1.54, 1.807) is 0 Å². The van der Waals surface area contributed by atoms with E-state index in [9.17, 15) is 0 Å². The van der Waals surface area contributed by atoms with Crippen molar-refractivity contribution in [1.29, 1.82) is 0 Å². The van der Waals surface area contributed by atoms with Crippen molar-refractivity contribution in [1.82, 2.24) is 20.5 Å². The summed E-state index contributed by atoms with van der Waals surface area (Å²) in [6.07, 6.45) is 10.6. The van der Waals surface area contributed by atoms with Crippen molar-refractivity contribution in [2.75, 3.05) is 18.0 Å². The van der Waals surface area contributed by atoms with Gasteiger partial charge < -0.3 is 10.2 Å². The summed E-state index contributed by atoms with van der Waals surface area (Å²) < 4.78 is 2.04. The van der Waals surface area contributed by atoms with Gasteiger partial charge in [-0.1, -0.05) is 37.5 Å². The first-order valence-corrected chi connectivity index (χ1v) is 11.1. The van der Waals surface area contributed by atoms with E-state index in [1.807, 2.05) is 36.0 Å². The third kappa shape index (κ3) is 4.78. The van der Waals surface area contributed by atoms with Gasteiger partial charge in [0.05, 0.1) is 23.2 Å². The predicted molar refractivity (Wildman–Crippen MR) is 123 cm³/mol. The van der Waals surface area contributed by atoms with Crippen LogP contribution >= 0.6 is 12.2 Å². The van der Waals surface area contributed by atoms with Crippen LogP contribution in [0.1, 0.15) is 56.2 Å². The molecule has 7 heteroatoms. The standard InChI is InChI=1S/C22H30N6S/c1-17-20(16-23-25-22(29)24-18-10-4-2-5-11-18)21(27-14-8-9-15-27)28(26-17)19-12-6-3-7-13-19/h3,6-7,12-13,16,18H,2,4-5,8-11,14-15H2,1H3,(H2,24,25,29)/b23-16-. The Balaban J connectivity index is 1.52. The second-order valence-electron chi connectivity index (χ2n) is 7.94. The average Bonchev–Trinajstić information content (AvgIpc) is 3.38. The lowest BCUT2D eigenvalue weighted by Crippen LogP contribution is -2.40. The molecule has 0 radical (unpaired) electrons. The molecule has 2 fully saturated rings. The first-order chi connectivity index (χ1) is 14.2. The monoisotopic (exact) mass is 410 g/mol. The van der Waals surface area contributed by atoms with Crippen molar-refractivity contribution < 1.29 is 0 Å². The summed E-state index contributed by atoms with van der Waals surface area (Å²) >= 11 is 5.44. The van der Waals surface area contributed by atoms with Gasteiger partial charge in [-0.2, -0.15) is 10.2 Å². The van der Waals surface area contributed by atoms with Gasteiger partial charge in [-0.3, -0.25) is 5.43 Å². The summed E-state index contributed by atoms with van der Waals surface area (Å²) in [4.78, 5) is 2.41. The van der Waals surface area contributed by atoms with E-state index in [4.69, 9.17) is 17.3 Å². The highest BCUT2D eigenvalue weighted by molar-refractivity contribution is 7.80. The molecule has 1 aliphatic carbocycles. The van der Waals surface area contributed by atoms with E-state index >= 15 is 0 Å². The Morgan fingerprint density at radius 1 is 1.10 bits per heavy atom. The number of para-hydroxylation sites is 1. The molecule has 4 rings (SSSR count). The highest BCUT2D eigenvalue weighted by Crippen LogP contribution is 2.29. The molecular formula is C22H30N6S. The summed E-state index contributed by atoms with van der Waals surface area (Å²) in [6.45, 7) is 4.14. The second kappa shape index (κ2) is 9.39. The maximum Gasteiger partial charge on any atom is 0.187 e. The maximum atomic E-state index is 5.44. The minimum Gasteiger partial charge on any atom is -0.359 e. The van der Waals surface area contributed by atoms with Crippen LogP contribution < -0.4 is 15.6 Å². The average molecular weight is 411 g/mol. The molecule has 1 aliphatic heterocycles. The zero-order chi connectivity index (χ0) is 20.1. The van der Waals surface area contributed by atoms with Crippen LogP contribution in [0.2, 0.25) is 0 Å². The summed E-state index contributed by atoms with van der Waals surface area (Å²) in [5, 5.41) is 13.3. The van der Waals surface area contributed by atoms with Crippen LogP contribution in [-0.4, -0.2) is 40.2 Å². The number of benzene rings is 1. The van der Waals surface area contributed by atoms with Crippen LogP contribution in [0.15, 0.2) is 35.4 Å². The Labute approximate surface area is 178 Å². The molecular weight excluding hydrogens is 380 g/mol. The summed E-state index contributed by atoms with van der Waals surface area (Å²) in [6, 6.07) is 10.8.